The van der Waals surface area contributed by atoms with Gasteiger partial charge in [-0.1, -0.05) is 13.8 Å². The molecule has 0 amide bonds. The van der Waals surface area contributed by atoms with Crippen LogP contribution in [0.25, 0.3) is 0 Å². The maximum Gasteiger partial charge on any atom is 0.0638 e. The third kappa shape index (κ3) is 3.19. The van der Waals surface area contributed by atoms with Gasteiger partial charge in [-0.2, -0.15) is 0 Å². The van der Waals surface area contributed by atoms with Gasteiger partial charge in [0.15, 0.2) is 0 Å². The number of hydrogen-bond donors (Lipinski definition) is 1. The molecule has 0 aliphatic carbocycles. The number of hydrogen-bond acceptors (Lipinski definition) is 3. The molecule has 0 saturated carbocycles. The Kier molecular flexibility index (Phi) is 4.62. The van der Waals surface area contributed by atoms with Crippen molar-refractivity contribution in [1.29, 1.82) is 0 Å². The van der Waals surface area contributed by atoms with Crippen LogP contribution in [0.1, 0.15) is 33.1 Å². The molecule has 94 valence electrons. The normalized spacial score (nSPS) is 35.8. The van der Waals surface area contributed by atoms with Gasteiger partial charge in [0.05, 0.1) is 12.7 Å². The fourth-order valence-corrected chi connectivity index (χ4v) is 2.83. The second kappa shape index (κ2) is 5.99. The molecule has 0 spiro atoms. The van der Waals surface area contributed by atoms with E-state index in [0.29, 0.717) is 24.0 Å². The molecule has 3 atom stereocenters. The van der Waals surface area contributed by atoms with Gasteiger partial charge in [-0.3, -0.25) is 0 Å². The van der Waals surface area contributed by atoms with Gasteiger partial charge in [-0.25, -0.2) is 0 Å². The van der Waals surface area contributed by atoms with Crippen LogP contribution in [0, 0.1) is 11.8 Å². The smallest absolute Gasteiger partial charge is 0.0638 e. The van der Waals surface area contributed by atoms with Crippen LogP contribution in [0.5, 0.6) is 0 Å². The van der Waals surface area contributed by atoms with Gasteiger partial charge in [-0.05, 0) is 31.1 Å². The second-order valence-corrected chi connectivity index (χ2v) is 5.45. The van der Waals surface area contributed by atoms with Crippen LogP contribution in [0.3, 0.4) is 0 Å². The zero-order chi connectivity index (χ0) is 11.4. The van der Waals surface area contributed by atoms with Crippen molar-refractivity contribution in [3.8, 4) is 0 Å². The average molecular weight is 227 g/mol. The SMILES string of the molecule is CC(C)C1OCCCC1CNC1CCOC1. The maximum absolute atomic E-state index is 5.90. The molecular weight excluding hydrogens is 202 g/mol. The molecule has 0 aromatic heterocycles. The zero-order valence-electron chi connectivity index (χ0n) is 10.6. The Labute approximate surface area is 98.9 Å². The van der Waals surface area contributed by atoms with Crippen molar-refractivity contribution in [3.63, 3.8) is 0 Å². The Balaban J connectivity index is 1.76. The lowest BCUT2D eigenvalue weighted by molar-refractivity contribution is -0.0522. The van der Waals surface area contributed by atoms with Gasteiger partial charge in [0, 0.05) is 25.8 Å². The van der Waals surface area contributed by atoms with Gasteiger partial charge in [0.1, 0.15) is 0 Å². The summed E-state index contributed by atoms with van der Waals surface area (Å²) in [6, 6.07) is 0.578. The number of rotatable bonds is 4. The highest BCUT2D eigenvalue weighted by atomic mass is 16.5. The highest BCUT2D eigenvalue weighted by Crippen LogP contribution is 2.26. The predicted octanol–water partition coefficient (Wildman–Crippen LogP) is 1.82. The molecule has 0 bridgehead atoms. The minimum Gasteiger partial charge on any atom is -0.380 e. The monoisotopic (exact) mass is 227 g/mol. The van der Waals surface area contributed by atoms with Crippen LogP contribution in [0.4, 0.5) is 0 Å². The third-order valence-electron chi connectivity index (χ3n) is 3.75. The summed E-state index contributed by atoms with van der Waals surface area (Å²) in [6.45, 7) is 8.39. The summed E-state index contributed by atoms with van der Waals surface area (Å²) in [6.07, 6.45) is 4.14. The van der Waals surface area contributed by atoms with Crippen LogP contribution in [0.2, 0.25) is 0 Å². The lowest BCUT2D eigenvalue weighted by atomic mass is 9.87. The van der Waals surface area contributed by atoms with E-state index in [4.69, 9.17) is 9.47 Å². The molecule has 1 N–H and O–H groups in total. The highest BCUT2D eigenvalue weighted by molar-refractivity contribution is 4.81. The van der Waals surface area contributed by atoms with E-state index in [1.165, 1.54) is 19.3 Å². The largest absolute Gasteiger partial charge is 0.380 e. The molecule has 0 radical (unpaired) electrons. The standard InChI is InChI=1S/C13H25NO2/c1-10(2)13-11(4-3-6-16-13)8-14-12-5-7-15-9-12/h10-14H,3-9H2,1-2H3. The minimum absolute atomic E-state index is 0.448. The summed E-state index contributed by atoms with van der Waals surface area (Å²) in [5.74, 6) is 1.32. The molecule has 2 rings (SSSR count). The average Bonchev–Trinajstić information content (AvgIpc) is 2.79. The molecule has 0 aromatic carbocycles. The Hall–Kier alpha value is -0.120. The molecule has 3 heteroatoms. The summed E-state index contributed by atoms with van der Waals surface area (Å²) >= 11 is 0. The summed E-state index contributed by atoms with van der Waals surface area (Å²) in [5, 5.41) is 3.63. The first kappa shape index (κ1) is 12.3. The first-order chi connectivity index (χ1) is 7.77. The van der Waals surface area contributed by atoms with Gasteiger partial charge in [0.25, 0.3) is 0 Å². The van der Waals surface area contributed by atoms with Crippen molar-refractivity contribution in [1.82, 2.24) is 5.32 Å². The van der Waals surface area contributed by atoms with E-state index < -0.39 is 0 Å². The molecule has 16 heavy (non-hydrogen) atoms. The molecular formula is C13H25NO2. The topological polar surface area (TPSA) is 30.5 Å². The molecule has 2 fully saturated rings. The molecule has 2 heterocycles. The quantitative estimate of drug-likeness (QED) is 0.794. The van der Waals surface area contributed by atoms with Crippen molar-refractivity contribution in [2.45, 2.75) is 45.3 Å². The van der Waals surface area contributed by atoms with Crippen LogP contribution >= 0.6 is 0 Å². The van der Waals surface area contributed by atoms with E-state index in [1.807, 2.05) is 0 Å². The van der Waals surface area contributed by atoms with E-state index in [2.05, 4.69) is 19.2 Å². The fraction of sp³-hybridized carbons (Fsp3) is 1.00. The second-order valence-electron chi connectivity index (χ2n) is 5.45. The summed E-state index contributed by atoms with van der Waals surface area (Å²) < 4.78 is 11.3. The molecule has 3 nitrogen and oxygen atoms in total. The zero-order valence-corrected chi connectivity index (χ0v) is 10.6. The molecule has 0 aromatic rings. The lowest BCUT2D eigenvalue weighted by Gasteiger charge is -2.35. The highest BCUT2D eigenvalue weighted by Gasteiger charge is 2.29. The van der Waals surface area contributed by atoms with Crippen molar-refractivity contribution >= 4 is 0 Å². The number of nitrogens with one attached hydrogen (secondary N) is 1. The van der Waals surface area contributed by atoms with Crippen LogP contribution in [-0.2, 0) is 9.47 Å². The lowest BCUT2D eigenvalue weighted by Crippen LogP contribution is -2.42. The Morgan fingerprint density at radius 2 is 2.12 bits per heavy atom. The van der Waals surface area contributed by atoms with Crippen molar-refractivity contribution in [2.75, 3.05) is 26.4 Å². The Bertz CT molecular complexity index is 202. The number of ether oxygens (including phenoxy) is 2. The van der Waals surface area contributed by atoms with E-state index in [0.717, 1.165) is 26.4 Å². The van der Waals surface area contributed by atoms with Gasteiger partial charge >= 0.3 is 0 Å². The molecule has 2 aliphatic heterocycles. The molecule has 2 aliphatic rings. The first-order valence-corrected chi connectivity index (χ1v) is 6.70. The van der Waals surface area contributed by atoms with E-state index in [9.17, 15) is 0 Å². The molecule has 3 unspecified atom stereocenters. The van der Waals surface area contributed by atoms with Crippen LogP contribution in [0.15, 0.2) is 0 Å². The van der Waals surface area contributed by atoms with Crippen molar-refractivity contribution in [3.05, 3.63) is 0 Å². The minimum atomic E-state index is 0.448. The first-order valence-electron chi connectivity index (χ1n) is 6.70. The van der Waals surface area contributed by atoms with E-state index in [1.54, 1.807) is 0 Å². The third-order valence-corrected chi connectivity index (χ3v) is 3.75. The molecule has 2 saturated heterocycles. The Morgan fingerprint density at radius 1 is 1.25 bits per heavy atom. The summed E-state index contributed by atoms with van der Waals surface area (Å²) in [7, 11) is 0. The predicted molar refractivity (Wildman–Crippen MR) is 64.5 cm³/mol. The van der Waals surface area contributed by atoms with Crippen LogP contribution < -0.4 is 5.32 Å². The summed E-state index contributed by atoms with van der Waals surface area (Å²) in [5.41, 5.74) is 0. The van der Waals surface area contributed by atoms with E-state index >= 15 is 0 Å². The van der Waals surface area contributed by atoms with Crippen LogP contribution in [-0.4, -0.2) is 38.5 Å². The van der Waals surface area contributed by atoms with Gasteiger partial charge in [-0.15, -0.1) is 0 Å². The summed E-state index contributed by atoms with van der Waals surface area (Å²) in [4.78, 5) is 0. The fourth-order valence-electron chi connectivity index (χ4n) is 2.83. The van der Waals surface area contributed by atoms with Gasteiger partial charge in [0.2, 0.25) is 0 Å². The van der Waals surface area contributed by atoms with Crippen molar-refractivity contribution < 1.29 is 9.47 Å². The van der Waals surface area contributed by atoms with Crippen molar-refractivity contribution in [2.24, 2.45) is 11.8 Å². The van der Waals surface area contributed by atoms with Gasteiger partial charge < -0.3 is 14.8 Å². The Morgan fingerprint density at radius 3 is 2.81 bits per heavy atom. The van der Waals surface area contributed by atoms with E-state index in [-0.39, 0.29) is 0 Å². The maximum atomic E-state index is 5.90.